The van der Waals surface area contributed by atoms with Crippen LogP contribution in [-0.2, 0) is 10.2 Å². The van der Waals surface area contributed by atoms with E-state index in [9.17, 15) is 18.0 Å². The second-order valence-corrected chi connectivity index (χ2v) is 9.37. The van der Waals surface area contributed by atoms with E-state index >= 15 is 0 Å². The van der Waals surface area contributed by atoms with Gasteiger partial charge in [-0.25, -0.2) is 0 Å². The number of halogens is 3. The quantitative estimate of drug-likeness (QED) is 0.407. The minimum atomic E-state index is -4.45. The summed E-state index contributed by atoms with van der Waals surface area (Å²) in [7, 11) is 0. The molecule has 180 valence electrons. The predicted octanol–water partition coefficient (Wildman–Crippen LogP) is 6.17. The highest BCUT2D eigenvalue weighted by Crippen LogP contribution is 2.51. The molecule has 2 aromatic carbocycles. The van der Waals surface area contributed by atoms with Gasteiger partial charge in [0.2, 0.25) is 5.91 Å². The SMILES string of the molecule is CCN(CCCCC1(C(=O)NCC(F)(F)F)c2ccccc2-c2ccccc21)CCC(C)C. The summed E-state index contributed by atoms with van der Waals surface area (Å²) in [6.07, 6.45) is -1.19. The molecule has 0 aliphatic heterocycles. The van der Waals surface area contributed by atoms with Gasteiger partial charge in [-0.05, 0) is 67.1 Å². The minimum Gasteiger partial charge on any atom is -0.346 e. The molecule has 33 heavy (non-hydrogen) atoms. The summed E-state index contributed by atoms with van der Waals surface area (Å²) >= 11 is 0. The van der Waals surface area contributed by atoms with Crippen molar-refractivity contribution in [3.05, 3.63) is 59.7 Å². The molecule has 0 unspecified atom stereocenters. The first-order valence-electron chi connectivity index (χ1n) is 12.0. The number of hydrogen-bond acceptors (Lipinski definition) is 2. The minimum absolute atomic E-state index is 0.479. The number of carbonyl (C=O) groups excluding carboxylic acids is 1. The molecular weight excluding hydrogens is 425 g/mol. The number of amides is 1. The average Bonchev–Trinajstić information content (AvgIpc) is 3.07. The third-order valence-corrected chi connectivity index (χ3v) is 6.65. The zero-order valence-electron chi connectivity index (χ0n) is 19.8. The van der Waals surface area contributed by atoms with Gasteiger partial charge in [0.25, 0.3) is 0 Å². The highest BCUT2D eigenvalue weighted by Gasteiger charge is 2.49. The van der Waals surface area contributed by atoms with E-state index in [4.69, 9.17) is 0 Å². The summed E-state index contributed by atoms with van der Waals surface area (Å²) in [5, 5.41) is 2.21. The number of nitrogens with one attached hydrogen (secondary N) is 1. The molecule has 0 bridgehead atoms. The fourth-order valence-corrected chi connectivity index (χ4v) is 4.88. The van der Waals surface area contributed by atoms with Crippen molar-refractivity contribution in [1.82, 2.24) is 10.2 Å². The number of nitrogens with zero attached hydrogens (tertiary/aromatic N) is 1. The van der Waals surface area contributed by atoms with Gasteiger partial charge in [-0.1, -0.05) is 75.7 Å². The van der Waals surface area contributed by atoms with Crippen molar-refractivity contribution >= 4 is 5.91 Å². The Labute approximate surface area is 195 Å². The van der Waals surface area contributed by atoms with E-state index in [0.717, 1.165) is 61.2 Å². The second kappa shape index (κ2) is 10.7. The Morgan fingerprint density at radius 2 is 1.55 bits per heavy atom. The lowest BCUT2D eigenvalue weighted by molar-refractivity contribution is -0.141. The van der Waals surface area contributed by atoms with Crippen LogP contribution in [0.4, 0.5) is 13.2 Å². The molecule has 0 aromatic heterocycles. The van der Waals surface area contributed by atoms with Gasteiger partial charge in [0.05, 0.1) is 0 Å². The maximum atomic E-state index is 13.5. The molecule has 1 aliphatic carbocycles. The molecule has 0 heterocycles. The van der Waals surface area contributed by atoms with Crippen LogP contribution in [0.2, 0.25) is 0 Å². The number of fused-ring (bicyclic) bond motifs is 3. The van der Waals surface area contributed by atoms with E-state index in [-0.39, 0.29) is 0 Å². The fourth-order valence-electron chi connectivity index (χ4n) is 4.88. The van der Waals surface area contributed by atoms with E-state index in [1.165, 1.54) is 0 Å². The van der Waals surface area contributed by atoms with Crippen molar-refractivity contribution in [2.75, 3.05) is 26.2 Å². The van der Waals surface area contributed by atoms with Crippen LogP contribution in [0.25, 0.3) is 11.1 Å². The summed E-state index contributed by atoms with van der Waals surface area (Å²) in [5.41, 5.74) is 2.37. The summed E-state index contributed by atoms with van der Waals surface area (Å²) in [5.74, 6) is 0.0792. The molecule has 3 rings (SSSR count). The van der Waals surface area contributed by atoms with Crippen LogP contribution in [0.15, 0.2) is 48.5 Å². The zero-order chi connectivity index (χ0) is 24.1. The summed E-state index contributed by atoms with van der Waals surface area (Å²) in [4.78, 5) is 15.9. The maximum Gasteiger partial charge on any atom is 0.405 e. The van der Waals surface area contributed by atoms with Crippen LogP contribution < -0.4 is 5.32 Å². The number of alkyl halides is 3. The Bertz CT molecular complexity index is 893. The van der Waals surface area contributed by atoms with E-state index in [1.807, 2.05) is 48.5 Å². The highest BCUT2D eigenvalue weighted by atomic mass is 19.4. The molecule has 0 saturated heterocycles. The number of unbranched alkanes of at least 4 members (excludes halogenated alkanes) is 1. The Balaban J connectivity index is 1.85. The van der Waals surface area contributed by atoms with Gasteiger partial charge in [-0.2, -0.15) is 13.2 Å². The Morgan fingerprint density at radius 3 is 2.06 bits per heavy atom. The molecule has 0 saturated carbocycles. The van der Waals surface area contributed by atoms with Crippen LogP contribution in [-0.4, -0.2) is 43.2 Å². The Kier molecular flexibility index (Phi) is 8.22. The van der Waals surface area contributed by atoms with E-state index in [0.29, 0.717) is 12.3 Å². The predicted molar refractivity (Wildman–Crippen MR) is 127 cm³/mol. The van der Waals surface area contributed by atoms with Gasteiger partial charge in [0.15, 0.2) is 0 Å². The van der Waals surface area contributed by atoms with Gasteiger partial charge < -0.3 is 10.2 Å². The lowest BCUT2D eigenvalue weighted by Gasteiger charge is -2.31. The number of rotatable bonds is 11. The molecule has 0 fully saturated rings. The third-order valence-electron chi connectivity index (χ3n) is 6.65. The average molecular weight is 461 g/mol. The topological polar surface area (TPSA) is 32.3 Å². The van der Waals surface area contributed by atoms with Crippen molar-refractivity contribution < 1.29 is 18.0 Å². The van der Waals surface area contributed by atoms with Crippen LogP contribution in [0.5, 0.6) is 0 Å². The van der Waals surface area contributed by atoms with Gasteiger partial charge >= 0.3 is 6.18 Å². The first-order chi connectivity index (χ1) is 15.7. The molecule has 0 spiro atoms. The largest absolute Gasteiger partial charge is 0.405 e. The van der Waals surface area contributed by atoms with Gasteiger partial charge in [-0.15, -0.1) is 0 Å². The molecule has 2 aromatic rings. The Morgan fingerprint density at radius 1 is 0.970 bits per heavy atom. The first-order valence-corrected chi connectivity index (χ1v) is 12.0. The summed E-state index contributed by atoms with van der Waals surface area (Å²) < 4.78 is 38.9. The lowest BCUT2D eigenvalue weighted by atomic mass is 9.73. The number of benzene rings is 2. The first kappa shape index (κ1) is 25.3. The molecule has 0 radical (unpaired) electrons. The van der Waals surface area contributed by atoms with E-state index < -0.39 is 24.0 Å². The fraction of sp³-hybridized carbons (Fsp3) is 0.519. The standard InChI is InChI=1S/C27H35F3N2O/c1-4-32(18-15-20(2)3)17-10-9-16-26(25(33)31-19-27(28,29)30)23-13-7-5-11-21(23)22-12-6-8-14-24(22)26/h5-8,11-14,20H,4,9-10,15-19H2,1-3H3,(H,31,33). The second-order valence-electron chi connectivity index (χ2n) is 9.37. The van der Waals surface area contributed by atoms with Gasteiger partial charge in [-0.3, -0.25) is 4.79 Å². The van der Waals surface area contributed by atoms with E-state index in [1.54, 1.807) is 0 Å². The van der Waals surface area contributed by atoms with Crippen LogP contribution >= 0.6 is 0 Å². The number of hydrogen-bond donors (Lipinski definition) is 1. The molecule has 1 aliphatic rings. The summed E-state index contributed by atoms with van der Waals surface area (Å²) in [6, 6.07) is 15.2. The van der Waals surface area contributed by atoms with Crippen molar-refractivity contribution in [2.45, 2.75) is 58.0 Å². The molecule has 1 amide bonds. The van der Waals surface area contributed by atoms with Crippen LogP contribution in [0.1, 0.15) is 57.6 Å². The number of carbonyl (C=O) groups is 1. The van der Waals surface area contributed by atoms with Crippen LogP contribution in [0.3, 0.4) is 0 Å². The van der Waals surface area contributed by atoms with Crippen LogP contribution in [0, 0.1) is 5.92 Å². The van der Waals surface area contributed by atoms with Crippen molar-refractivity contribution in [3.63, 3.8) is 0 Å². The van der Waals surface area contributed by atoms with Crippen molar-refractivity contribution in [1.29, 1.82) is 0 Å². The smallest absolute Gasteiger partial charge is 0.346 e. The van der Waals surface area contributed by atoms with E-state index in [2.05, 4.69) is 31.0 Å². The summed E-state index contributed by atoms with van der Waals surface area (Å²) in [6.45, 7) is 8.18. The third kappa shape index (κ3) is 5.78. The molecule has 3 nitrogen and oxygen atoms in total. The Hall–Kier alpha value is -2.34. The molecule has 6 heteroatoms. The normalized spacial score (nSPS) is 14.4. The zero-order valence-corrected chi connectivity index (χ0v) is 19.8. The monoisotopic (exact) mass is 460 g/mol. The van der Waals surface area contributed by atoms with Crippen molar-refractivity contribution in [2.24, 2.45) is 5.92 Å². The maximum absolute atomic E-state index is 13.5. The lowest BCUT2D eigenvalue weighted by Crippen LogP contribution is -2.47. The molecule has 1 N–H and O–H groups in total. The van der Waals surface area contributed by atoms with Gasteiger partial charge in [0.1, 0.15) is 12.0 Å². The molecule has 0 atom stereocenters. The highest BCUT2D eigenvalue weighted by molar-refractivity contribution is 6.00. The van der Waals surface area contributed by atoms with Crippen molar-refractivity contribution in [3.8, 4) is 11.1 Å². The van der Waals surface area contributed by atoms with Gasteiger partial charge in [0, 0.05) is 0 Å². The molecular formula is C27H35F3N2O.